The third-order valence-corrected chi connectivity index (χ3v) is 12.5. The van der Waals surface area contributed by atoms with Gasteiger partial charge in [0.15, 0.2) is 0 Å². The van der Waals surface area contributed by atoms with E-state index in [-0.39, 0.29) is 41.6 Å². The Labute approximate surface area is 272 Å². The lowest BCUT2D eigenvalue weighted by molar-refractivity contribution is -0.154. The maximum absolute atomic E-state index is 15.0. The van der Waals surface area contributed by atoms with Crippen molar-refractivity contribution in [1.82, 2.24) is 4.90 Å². The van der Waals surface area contributed by atoms with Gasteiger partial charge in [0, 0.05) is 41.1 Å². The van der Waals surface area contributed by atoms with Crippen molar-refractivity contribution in [3.8, 4) is 0 Å². The number of esters is 1. The number of nitrogens with zero attached hydrogens (tertiary/aromatic N) is 3. The van der Waals surface area contributed by atoms with Crippen molar-refractivity contribution < 1.29 is 24.2 Å². The number of benzene rings is 2. The zero-order chi connectivity index (χ0) is 31.6. The van der Waals surface area contributed by atoms with Crippen LogP contribution in [0.3, 0.4) is 0 Å². The Kier molecular flexibility index (Phi) is 10.1. The molecule has 10 heteroatoms. The van der Waals surface area contributed by atoms with Crippen molar-refractivity contribution in [2.24, 2.45) is 11.8 Å². The molecule has 2 aromatic rings. The van der Waals surface area contributed by atoms with E-state index in [9.17, 15) is 19.5 Å². The van der Waals surface area contributed by atoms with Crippen LogP contribution in [0.4, 0.5) is 11.4 Å². The Bertz CT molecular complexity index is 1360. The molecule has 0 radical (unpaired) electrons. The smallest absolute Gasteiger partial charge is 0.310 e. The first-order chi connectivity index (χ1) is 21.3. The highest BCUT2D eigenvalue weighted by atomic mass is 79.9. The molecule has 3 saturated heterocycles. The van der Waals surface area contributed by atoms with E-state index in [2.05, 4.69) is 41.3 Å². The average molecular weight is 685 g/mol. The number of likely N-dealkylation sites (tertiary alicyclic amines) is 1. The quantitative estimate of drug-likeness (QED) is 0.186. The van der Waals surface area contributed by atoms with Crippen molar-refractivity contribution in [3.63, 3.8) is 0 Å². The Morgan fingerprint density at radius 3 is 2.39 bits per heavy atom. The molecule has 44 heavy (non-hydrogen) atoms. The molecular formula is C34H42BrN3O5S. The van der Waals surface area contributed by atoms with Crippen LogP contribution in [0.2, 0.25) is 0 Å². The second-order valence-corrected chi connectivity index (χ2v) is 14.3. The zero-order valence-electron chi connectivity index (χ0n) is 25.6. The number of anilines is 2. The van der Waals surface area contributed by atoms with Crippen LogP contribution in [-0.4, -0.2) is 87.5 Å². The molecule has 3 aliphatic heterocycles. The Morgan fingerprint density at radius 2 is 1.80 bits per heavy atom. The van der Waals surface area contributed by atoms with Gasteiger partial charge in [-0.1, -0.05) is 52.3 Å². The van der Waals surface area contributed by atoms with Crippen LogP contribution in [0.25, 0.3) is 0 Å². The minimum atomic E-state index is -0.891. The van der Waals surface area contributed by atoms with Gasteiger partial charge in [-0.2, -0.15) is 0 Å². The Morgan fingerprint density at radius 1 is 1.14 bits per heavy atom. The average Bonchev–Trinajstić information content (AvgIpc) is 3.63. The molecule has 2 amide bonds. The van der Waals surface area contributed by atoms with Crippen LogP contribution >= 0.6 is 27.7 Å². The first kappa shape index (κ1) is 32.6. The molecule has 1 N–H and O–H groups in total. The fraction of sp³-hybridized carbons (Fsp3) is 0.500. The molecule has 5 rings (SSSR count). The highest BCUT2D eigenvalue weighted by Crippen LogP contribution is 2.68. The number of amides is 2. The maximum atomic E-state index is 15.0. The van der Waals surface area contributed by atoms with Crippen molar-refractivity contribution in [3.05, 3.63) is 72.8 Å². The summed E-state index contributed by atoms with van der Waals surface area (Å²) in [5.74, 6) is -2.30. The Balaban J connectivity index is 1.59. The highest BCUT2D eigenvalue weighted by molar-refractivity contribution is 9.09. The molecule has 3 fully saturated rings. The predicted octanol–water partition coefficient (Wildman–Crippen LogP) is 4.68. The highest BCUT2D eigenvalue weighted by Gasteiger charge is 2.76. The lowest BCUT2D eigenvalue weighted by Crippen LogP contribution is -2.58. The summed E-state index contributed by atoms with van der Waals surface area (Å²) in [7, 11) is 0. The fourth-order valence-electron chi connectivity index (χ4n) is 7.42. The molecule has 3 aliphatic rings. The summed E-state index contributed by atoms with van der Waals surface area (Å²) in [4.78, 5) is 48.4. The van der Waals surface area contributed by atoms with Gasteiger partial charge in [0.1, 0.15) is 6.04 Å². The van der Waals surface area contributed by atoms with Gasteiger partial charge in [0.2, 0.25) is 5.91 Å². The monoisotopic (exact) mass is 683 g/mol. The molecule has 8 nitrogen and oxygen atoms in total. The van der Waals surface area contributed by atoms with Gasteiger partial charge in [0.05, 0.1) is 35.8 Å². The summed E-state index contributed by atoms with van der Waals surface area (Å²) in [5, 5.41) is 10.6. The number of carbonyl (C=O) groups excluding carboxylic acids is 3. The lowest BCUT2D eigenvalue weighted by Gasteiger charge is -2.40. The predicted molar refractivity (Wildman–Crippen MR) is 179 cm³/mol. The number of alkyl halides is 1. The standard InChI is InChI=1S/C34H42BrN3O5S/c1-5-18-37(24-16-14-23(15-17-24)36(6-2)7-3)32(41)30-34-20-26(35)29(44-34)27(33(42)43-8-4)28(34)31(40)38(30)25(21-39)19-22-12-10-9-11-13-22/h5,9-17,25-30,39H,1,6-8,18-21H2,2-4H3/t25-,26?,27-,28+,29-,30?,34?/m1/s1. The molecule has 0 aliphatic carbocycles. The number of hydrogen-bond acceptors (Lipinski definition) is 7. The van der Waals surface area contributed by atoms with Crippen LogP contribution < -0.4 is 9.80 Å². The fourth-order valence-corrected chi connectivity index (χ4v) is 11.0. The molecule has 236 valence electrons. The number of ether oxygens (including phenoxy) is 1. The minimum Gasteiger partial charge on any atom is -0.466 e. The molecule has 7 atom stereocenters. The third kappa shape index (κ3) is 5.58. The summed E-state index contributed by atoms with van der Waals surface area (Å²) in [5.41, 5.74) is 2.72. The van der Waals surface area contributed by atoms with Crippen molar-refractivity contribution >= 4 is 56.9 Å². The molecule has 2 aromatic carbocycles. The van der Waals surface area contributed by atoms with E-state index in [4.69, 9.17) is 4.74 Å². The second-order valence-electron chi connectivity index (χ2n) is 11.6. The van der Waals surface area contributed by atoms with Crippen molar-refractivity contribution in [1.29, 1.82) is 0 Å². The summed E-state index contributed by atoms with van der Waals surface area (Å²) in [6, 6.07) is 16.0. The summed E-state index contributed by atoms with van der Waals surface area (Å²) in [6.45, 7) is 11.8. The van der Waals surface area contributed by atoms with Crippen LogP contribution in [0.5, 0.6) is 0 Å². The van der Waals surface area contributed by atoms with Gasteiger partial charge in [-0.05, 0) is 63.4 Å². The van der Waals surface area contributed by atoms with E-state index >= 15 is 0 Å². The topological polar surface area (TPSA) is 90.4 Å². The molecule has 0 aromatic heterocycles. The lowest BCUT2D eigenvalue weighted by atomic mass is 9.71. The third-order valence-electron chi connectivity index (χ3n) is 9.31. The van der Waals surface area contributed by atoms with Gasteiger partial charge >= 0.3 is 5.97 Å². The molecule has 3 heterocycles. The maximum Gasteiger partial charge on any atom is 0.310 e. The van der Waals surface area contributed by atoms with Gasteiger partial charge in [-0.25, -0.2) is 0 Å². The number of halogens is 1. The number of hydrogen-bond donors (Lipinski definition) is 1. The second kappa shape index (κ2) is 13.7. The molecule has 3 unspecified atom stereocenters. The van der Waals surface area contributed by atoms with E-state index in [1.54, 1.807) is 34.6 Å². The normalized spacial score (nSPS) is 27.6. The van der Waals surface area contributed by atoms with Crippen molar-refractivity contribution in [2.45, 2.75) is 60.5 Å². The van der Waals surface area contributed by atoms with E-state index in [0.29, 0.717) is 18.5 Å². The van der Waals surface area contributed by atoms with Crippen molar-refractivity contribution in [2.75, 3.05) is 42.6 Å². The van der Waals surface area contributed by atoms with Gasteiger partial charge < -0.3 is 24.5 Å². The first-order valence-electron chi connectivity index (χ1n) is 15.5. The molecular weight excluding hydrogens is 642 g/mol. The number of rotatable bonds is 13. The number of aliphatic hydroxyl groups is 1. The number of thioether (sulfide) groups is 1. The Hall–Kier alpha value is -2.82. The van der Waals surface area contributed by atoms with Crippen LogP contribution in [0.15, 0.2) is 67.3 Å². The first-order valence-corrected chi connectivity index (χ1v) is 17.3. The van der Waals surface area contributed by atoms with E-state index in [1.807, 2.05) is 54.6 Å². The van der Waals surface area contributed by atoms with Crippen LogP contribution in [-0.2, 0) is 25.5 Å². The van der Waals surface area contributed by atoms with Gasteiger partial charge in [-0.3, -0.25) is 14.4 Å². The van der Waals surface area contributed by atoms with E-state index < -0.39 is 34.6 Å². The minimum absolute atomic E-state index is 0.0656. The summed E-state index contributed by atoms with van der Waals surface area (Å²) < 4.78 is 4.64. The molecule has 2 bridgehead atoms. The van der Waals surface area contributed by atoms with Gasteiger partial charge in [0.25, 0.3) is 5.91 Å². The zero-order valence-corrected chi connectivity index (χ0v) is 28.0. The van der Waals surface area contributed by atoms with Crippen LogP contribution in [0, 0.1) is 11.8 Å². The number of fused-ring (bicyclic) bond motifs is 1. The summed E-state index contributed by atoms with van der Waals surface area (Å²) >= 11 is 5.37. The molecule has 1 spiro atoms. The van der Waals surface area contributed by atoms with Crippen LogP contribution in [0.1, 0.15) is 32.8 Å². The number of carbonyl (C=O) groups is 3. The van der Waals surface area contributed by atoms with E-state index in [0.717, 1.165) is 24.3 Å². The van der Waals surface area contributed by atoms with Gasteiger partial charge in [-0.15, -0.1) is 18.3 Å². The largest absolute Gasteiger partial charge is 0.466 e. The summed E-state index contributed by atoms with van der Waals surface area (Å²) in [6.07, 6.45) is 2.62. The number of aliphatic hydroxyl groups excluding tert-OH is 1. The van der Waals surface area contributed by atoms with E-state index in [1.165, 1.54) is 0 Å². The SMILES string of the molecule is C=CCN(C(=O)C1N([C@@H](CO)Cc2ccccc2)C(=O)[C@@H]2[C@@H](C(=O)OCC)[C@@H]3SC12CC3Br)c1ccc(N(CC)CC)cc1. The molecule has 0 saturated carbocycles.